The lowest BCUT2D eigenvalue weighted by Gasteiger charge is -2.14. The lowest BCUT2D eigenvalue weighted by molar-refractivity contribution is 0.340. The number of nitrogens with two attached hydrogens (primary N) is 2. The Bertz CT molecular complexity index is 1040. The molecule has 1 atom stereocenters. The summed E-state index contributed by atoms with van der Waals surface area (Å²) in [7, 11) is 0. The van der Waals surface area contributed by atoms with Gasteiger partial charge in [0, 0.05) is 17.5 Å². The minimum atomic E-state index is 0.0911. The normalized spacial score (nSPS) is 15.4. The number of rotatable bonds is 2. The second-order valence-corrected chi connectivity index (χ2v) is 5.93. The molecule has 0 amide bonds. The van der Waals surface area contributed by atoms with Gasteiger partial charge in [0.2, 0.25) is 5.95 Å². The van der Waals surface area contributed by atoms with Gasteiger partial charge in [-0.25, -0.2) is 4.98 Å². The van der Waals surface area contributed by atoms with Crippen LogP contribution >= 0.6 is 0 Å². The summed E-state index contributed by atoms with van der Waals surface area (Å²) in [5, 5.41) is 9.70. The van der Waals surface area contributed by atoms with E-state index in [-0.39, 0.29) is 17.7 Å². The highest BCUT2D eigenvalue weighted by Crippen LogP contribution is 2.47. The first-order chi connectivity index (χ1) is 12.1. The fourth-order valence-electron chi connectivity index (χ4n) is 3.05. The van der Waals surface area contributed by atoms with Gasteiger partial charge in [-0.1, -0.05) is 13.0 Å². The van der Waals surface area contributed by atoms with Crippen molar-refractivity contribution in [1.82, 2.24) is 9.97 Å². The summed E-state index contributed by atoms with van der Waals surface area (Å²) in [6.45, 7) is 2.57. The molecule has 0 bridgehead atoms. The molecule has 0 saturated heterocycles. The van der Waals surface area contributed by atoms with Crippen LogP contribution in [0, 0.1) is 11.3 Å². The van der Waals surface area contributed by atoms with Gasteiger partial charge in [0.05, 0.1) is 29.1 Å². The van der Waals surface area contributed by atoms with Gasteiger partial charge in [0.25, 0.3) is 0 Å². The summed E-state index contributed by atoms with van der Waals surface area (Å²) < 4.78 is 11.9. The predicted octanol–water partition coefficient (Wildman–Crippen LogP) is 2.95. The van der Waals surface area contributed by atoms with Crippen molar-refractivity contribution in [3.8, 4) is 23.3 Å². The van der Waals surface area contributed by atoms with Gasteiger partial charge in [-0.2, -0.15) is 10.2 Å². The maximum Gasteiger partial charge on any atom is 0.222 e. The zero-order valence-electron chi connectivity index (χ0n) is 13.5. The molecular formula is C18H15N5O2. The molecule has 0 unspecified atom stereocenters. The summed E-state index contributed by atoms with van der Waals surface area (Å²) >= 11 is 0. The third-order valence-corrected chi connectivity index (χ3v) is 4.15. The van der Waals surface area contributed by atoms with Crippen molar-refractivity contribution in [2.75, 3.05) is 18.1 Å². The Hall–Kier alpha value is -3.53. The van der Waals surface area contributed by atoms with E-state index in [0.717, 1.165) is 5.56 Å². The summed E-state index contributed by atoms with van der Waals surface area (Å²) in [4.78, 5) is 8.28. The molecule has 2 heterocycles. The maximum absolute atomic E-state index is 9.06. The van der Waals surface area contributed by atoms with E-state index in [1.165, 1.54) is 0 Å². The highest BCUT2D eigenvalue weighted by molar-refractivity contribution is 5.97. The van der Waals surface area contributed by atoms with E-state index in [1.807, 2.05) is 6.92 Å². The topological polar surface area (TPSA) is 120 Å². The number of nitrogen functional groups attached to an aromatic ring is 2. The molecule has 7 heteroatoms. The molecule has 4 rings (SSSR count). The molecule has 25 heavy (non-hydrogen) atoms. The number of fused-ring (bicyclic) bond motifs is 3. The molecule has 0 fully saturated rings. The van der Waals surface area contributed by atoms with Gasteiger partial charge < -0.3 is 20.9 Å². The molecule has 1 aromatic heterocycles. The molecule has 0 aliphatic carbocycles. The number of anilines is 2. The minimum Gasteiger partial charge on any atom is -0.492 e. The second-order valence-electron chi connectivity index (χ2n) is 5.93. The first kappa shape index (κ1) is 15.0. The van der Waals surface area contributed by atoms with Crippen LogP contribution in [0.3, 0.4) is 0 Å². The highest BCUT2D eigenvalue weighted by atomic mass is 16.5. The van der Waals surface area contributed by atoms with Crippen molar-refractivity contribution in [3.05, 3.63) is 41.5 Å². The van der Waals surface area contributed by atoms with Gasteiger partial charge in [0.15, 0.2) is 0 Å². The summed E-state index contributed by atoms with van der Waals surface area (Å²) in [6.07, 6.45) is 0. The van der Waals surface area contributed by atoms with Crippen LogP contribution in [-0.4, -0.2) is 16.6 Å². The number of nitriles is 1. The zero-order valence-corrected chi connectivity index (χ0v) is 13.5. The molecule has 0 saturated carbocycles. The van der Waals surface area contributed by atoms with Crippen LogP contribution in [0.15, 0.2) is 30.3 Å². The third kappa shape index (κ3) is 2.44. The molecule has 4 N–H and O–H groups in total. The second kappa shape index (κ2) is 5.53. The van der Waals surface area contributed by atoms with Crippen LogP contribution in [-0.2, 0) is 0 Å². The molecule has 7 nitrogen and oxygen atoms in total. The lowest BCUT2D eigenvalue weighted by atomic mass is 9.99. The molecule has 124 valence electrons. The van der Waals surface area contributed by atoms with Gasteiger partial charge >= 0.3 is 0 Å². The maximum atomic E-state index is 9.06. The number of ether oxygens (including phenoxy) is 2. The van der Waals surface area contributed by atoms with Crippen molar-refractivity contribution in [2.45, 2.75) is 12.8 Å². The van der Waals surface area contributed by atoms with Crippen LogP contribution in [0.25, 0.3) is 10.9 Å². The van der Waals surface area contributed by atoms with Crippen molar-refractivity contribution in [3.63, 3.8) is 0 Å². The van der Waals surface area contributed by atoms with Crippen LogP contribution in [0.5, 0.6) is 17.2 Å². The van der Waals surface area contributed by atoms with Crippen molar-refractivity contribution >= 4 is 22.7 Å². The van der Waals surface area contributed by atoms with Crippen LogP contribution in [0.4, 0.5) is 11.8 Å². The molecular weight excluding hydrogens is 318 g/mol. The third-order valence-electron chi connectivity index (χ3n) is 4.15. The van der Waals surface area contributed by atoms with E-state index in [9.17, 15) is 0 Å². The van der Waals surface area contributed by atoms with Crippen molar-refractivity contribution < 1.29 is 9.47 Å². The number of aromatic nitrogens is 2. The molecule has 1 aliphatic rings. The Morgan fingerprint density at radius 2 is 2.12 bits per heavy atom. The number of hydrogen-bond donors (Lipinski definition) is 2. The van der Waals surface area contributed by atoms with E-state index < -0.39 is 0 Å². The van der Waals surface area contributed by atoms with E-state index in [1.54, 1.807) is 30.3 Å². The number of hydrogen-bond acceptors (Lipinski definition) is 7. The highest BCUT2D eigenvalue weighted by Gasteiger charge is 2.29. The Labute approximate surface area is 143 Å². The smallest absolute Gasteiger partial charge is 0.222 e. The first-order valence-corrected chi connectivity index (χ1v) is 7.77. The van der Waals surface area contributed by atoms with Crippen LogP contribution < -0.4 is 20.9 Å². The number of benzene rings is 2. The summed E-state index contributed by atoms with van der Waals surface area (Å²) in [5.74, 6) is 2.31. The van der Waals surface area contributed by atoms with Crippen LogP contribution in [0.1, 0.15) is 24.0 Å². The Balaban J connectivity index is 1.92. The number of nitrogens with zero attached hydrogens (tertiary/aromatic N) is 3. The SMILES string of the molecule is C[C@H]1COc2c1c(Oc1cccc(C#N)c1)cc1nc(N)nc(N)c21. The van der Waals surface area contributed by atoms with Gasteiger partial charge in [-0.15, -0.1) is 0 Å². The summed E-state index contributed by atoms with van der Waals surface area (Å²) in [5.41, 5.74) is 13.7. The standard InChI is InChI=1S/C18H15N5O2/c1-9-8-24-16-14(9)13(25-11-4-2-3-10(5-11)7-19)6-12-15(16)17(20)23-18(21)22-12/h2-6,9H,8H2,1H3,(H4,20,21,22,23)/t9-/m0/s1. The van der Waals surface area contributed by atoms with E-state index in [0.29, 0.717) is 40.3 Å². The van der Waals surface area contributed by atoms with Crippen LogP contribution in [0.2, 0.25) is 0 Å². The quantitative estimate of drug-likeness (QED) is 0.739. The average Bonchev–Trinajstić information content (AvgIpc) is 2.96. The van der Waals surface area contributed by atoms with Gasteiger partial charge in [-0.3, -0.25) is 0 Å². The molecule has 3 aromatic rings. The lowest BCUT2D eigenvalue weighted by Crippen LogP contribution is -2.02. The van der Waals surface area contributed by atoms with E-state index in [2.05, 4.69) is 16.0 Å². The van der Waals surface area contributed by atoms with E-state index in [4.69, 9.17) is 26.2 Å². The Kier molecular flexibility index (Phi) is 3.32. The fourth-order valence-corrected chi connectivity index (χ4v) is 3.05. The monoisotopic (exact) mass is 333 g/mol. The molecule has 1 aliphatic heterocycles. The van der Waals surface area contributed by atoms with Crippen molar-refractivity contribution in [2.24, 2.45) is 0 Å². The van der Waals surface area contributed by atoms with Gasteiger partial charge in [-0.05, 0) is 18.2 Å². The average molecular weight is 333 g/mol. The largest absolute Gasteiger partial charge is 0.492 e. The Morgan fingerprint density at radius 3 is 2.92 bits per heavy atom. The van der Waals surface area contributed by atoms with Gasteiger partial charge in [0.1, 0.15) is 23.1 Å². The fraction of sp³-hybridized carbons (Fsp3) is 0.167. The first-order valence-electron chi connectivity index (χ1n) is 7.77. The predicted molar refractivity (Wildman–Crippen MR) is 93.5 cm³/mol. The minimum absolute atomic E-state index is 0.0911. The Morgan fingerprint density at radius 1 is 1.28 bits per heavy atom. The summed E-state index contributed by atoms with van der Waals surface area (Å²) in [6, 6.07) is 10.8. The zero-order chi connectivity index (χ0) is 17.6. The molecule has 0 radical (unpaired) electrons. The molecule has 2 aromatic carbocycles. The van der Waals surface area contributed by atoms with E-state index >= 15 is 0 Å². The molecule has 0 spiro atoms. The van der Waals surface area contributed by atoms with Crippen molar-refractivity contribution in [1.29, 1.82) is 5.26 Å².